The standard InChI is InChI=1S/C13H13N3O/c1-3-4-9(2)15-13(17)10-5-6-11-8-14-16-12(11)7-10/h1,5-9H,4H2,2H3,(H,14,16)(H,15,17). The zero-order valence-electron chi connectivity index (χ0n) is 9.53. The summed E-state index contributed by atoms with van der Waals surface area (Å²) >= 11 is 0. The van der Waals surface area contributed by atoms with E-state index in [9.17, 15) is 4.79 Å². The molecule has 1 aromatic heterocycles. The van der Waals surface area contributed by atoms with Crippen LogP contribution < -0.4 is 5.32 Å². The molecule has 0 fully saturated rings. The zero-order chi connectivity index (χ0) is 12.3. The van der Waals surface area contributed by atoms with Crippen LogP contribution in [0.5, 0.6) is 0 Å². The van der Waals surface area contributed by atoms with E-state index in [2.05, 4.69) is 21.4 Å². The van der Waals surface area contributed by atoms with Gasteiger partial charge in [0.15, 0.2) is 0 Å². The fourth-order valence-electron chi connectivity index (χ4n) is 1.61. The zero-order valence-corrected chi connectivity index (χ0v) is 9.53. The number of aromatic amines is 1. The molecule has 1 atom stereocenters. The van der Waals surface area contributed by atoms with Crippen molar-refractivity contribution in [2.45, 2.75) is 19.4 Å². The monoisotopic (exact) mass is 227 g/mol. The molecule has 1 amide bonds. The van der Waals surface area contributed by atoms with Gasteiger partial charge in [-0.3, -0.25) is 9.89 Å². The molecule has 17 heavy (non-hydrogen) atoms. The Morgan fingerprint density at radius 3 is 3.24 bits per heavy atom. The van der Waals surface area contributed by atoms with Crippen molar-refractivity contribution < 1.29 is 4.79 Å². The highest BCUT2D eigenvalue weighted by molar-refractivity contribution is 5.97. The van der Waals surface area contributed by atoms with E-state index in [4.69, 9.17) is 6.42 Å². The number of benzene rings is 1. The number of hydrogen-bond acceptors (Lipinski definition) is 2. The summed E-state index contributed by atoms with van der Waals surface area (Å²) in [4.78, 5) is 11.9. The first-order valence-corrected chi connectivity index (χ1v) is 5.38. The smallest absolute Gasteiger partial charge is 0.251 e. The maximum absolute atomic E-state index is 11.9. The number of rotatable bonds is 3. The van der Waals surface area contributed by atoms with Crippen molar-refractivity contribution in [2.75, 3.05) is 0 Å². The van der Waals surface area contributed by atoms with E-state index in [0.717, 1.165) is 10.9 Å². The summed E-state index contributed by atoms with van der Waals surface area (Å²) in [7, 11) is 0. The molecule has 1 unspecified atom stereocenters. The highest BCUT2D eigenvalue weighted by Gasteiger charge is 2.09. The van der Waals surface area contributed by atoms with Crippen molar-refractivity contribution >= 4 is 16.8 Å². The average molecular weight is 227 g/mol. The van der Waals surface area contributed by atoms with Gasteiger partial charge in [-0.05, 0) is 19.1 Å². The lowest BCUT2D eigenvalue weighted by molar-refractivity contribution is 0.0941. The van der Waals surface area contributed by atoms with Crippen LogP contribution >= 0.6 is 0 Å². The molecule has 0 saturated carbocycles. The van der Waals surface area contributed by atoms with E-state index in [-0.39, 0.29) is 11.9 Å². The minimum absolute atomic E-state index is 0.0232. The van der Waals surface area contributed by atoms with E-state index < -0.39 is 0 Å². The topological polar surface area (TPSA) is 57.8 Å². The van der Waals surface area contributed by atoms with Crippen LogP contribution in [0.15, 0.2) is 24.4 Å². The van der Waals surface area contributed by atoms with E-state index in [1.165, 1.54) is 0 Å². The largest absolute Gasteiger partial charge is 0.349 e. The molecule has 2 aromatic rings. The molecule has 0 saturated heterocycles. The van der Waals surface area contributed by atoms with Crippen molar-refractivity contribution in [3.8, 4) is 12.3 Å². The minimum atomic E-state index is -0.121. The lowest BCUT2D eigenvalue weighted by Gasteiger charge is -2.10. The second-order valence-electron chi connectivity index (χ2n) is 3.95. The molecule has 86 valence electrons. The van der Waals surface area contributed by atoms with E-state index >= 15 is 0 Å². The third-order valence-corrected chi connectivity index (χ3v) is 2.51. The second kappa shape index (κ2) is 4.71. The van der Waals surface area contributed by atoms with Gasteiger partial charge in [-0.15, -0.1) is 12.3 Å². The molecule has 2 N–H and O–H groups in total. The van der Waals surface area contributed by atoms with Gasteiger partial charge in [-0.1, -0.05) is 6.07 Å². The van der Waals surface area contributed by atoms with Crippen LogP contribution in [0.4, 0.5) is 0 Å². The molecule has 2 rings (SSSR count). The molecule has 0 aliphatic carbocycles. The van der Waals surface area contributed by atoms with Gasteiger partial charge >= 0.3 is 0 Å². The van der Waals surface area contributed by atoms with E-state index in [1.807, 2.05) is 13.0 Å². The van der Waals surface area contributed by atoms with Gasteiger partial charge in [0.2, 0.25) is 0 Å². The molecule has 0 aliphatic rings. The number of nitrogens with one attached hydrogen (secondary N) is 2. The highest BCUT2D eigenvalue weighted by atomic mass is 16.1. The average Bonchev–Trinajstić information content (AvgIpc) is 2.75. The Kier molecular flexibility index (Phi) is 3.10. The van der Waals surface area contributed by atoms with Crippen LogP contribution in [0.1, 0.15) is 23.7 Å². The van der Waals surface area contributed by atoms with Crippen LogP contribution in [-0.4, -0.2) is 22.1 Å². The molecular formula is C13H13N3O. The predicted octanol–water partition coefficient (Wildman–Crippen LogP) is 1.70. The van der Waals surface area contributed by atoms with E-state index in [1.54, 1.807) is 18.3 Å². The van der Waals surface area contributed by atoms with Crippen molar-refractivity contribution in [3.63, 3.8) is 0 Å². The number of H-pyrrole nitrogens is 1. The van der Waals surface area contributed by atoms with Gasteiger partial charge in [0.25, 0.3) is 5.91 Å². The van der Waals surface area contributed by atoms with Crippen LogP contribution in [0, 0.1) is 12.3 Å². The highest BCUT2D eigenvalue weighted by Crippen LogP contribution is 2.12. The number of fused-ring (bicyclic) bond motifs is 1. The summed E-state index contributed by atoms with van der Waals surface area (Å²) in [5, 5.41) is 10.6. The first-order chi connectivity index (χ1) is 8.20. The normalized spacial score (nSPS) is 12.0. The Hall–Kier alpha value is -2.28. The molecule has 4 nitrogen and oxygen atoms in total. The lowest BCUT2D eigenvalue weighted by atomic mass is 10.1. The molecule has 0 bridgehead atoms. The Balaban J connectivity index is 2.16. The van der Waals surface area contributed by atoms with Crippen LogP contribution in [-0.2, 0) is 0 Å². The Morgan fingerprint density at radius 1 is 1.65 bits per heavy atom. The minimum Gasteiger partial charge on any atom is -0.349 e. The van der Waals surface area contributed by atoms with Crippen molar-refractivity contribution in [3.05, 3.63) is 30.0 Å². The van der Waals surface area contributed by atoms with Crippen LogP contribution in [0.3, 0.4) is 0 Å². The van der Waals surface area contributed by atoms with Gasteiger partial charge in [0.1, 0.15) is 0 Å². The molecule has 1 heterocycles. The quantitative estimate of drug-likeness (QED) is 0.784. The van der Waals surface area contributed by atoms with Crippen LogP contribution in [0.25, 0.3) is 10.9 Å². The first-order valence-electron chi connectivity index (χ1n) is 5.38. The van der Waals surface area contributed by atoms with Gasteiger partial charge in [0.05, 0.1) is 11.7 Å². The predicted molar refractivity (Wildman–Crippen MR) is 66.5 cm³/mol. The fraction of sp³-hybridized carbons (Fsp3) is 0.231. The first kappa shape index (κ1) is 11.2. The van der Waals surface area contributed by atoms with Crippen LogP contribution in [0.2, 0.25) is 0 Å². The molecule has 0 spiro atoms. The Morgan fingerprint density at radius 2 is 2.47 bits per heavy atom. The van der Waals surface area contributed by atoms with Gasteiger partial charge in [-0.2, -0.15) is 5.10 Å². The second-order valence-corrected chi connectivity index (χ2v) is 3.95. The van der Waals surface area contributed by atoms with Crippen molar-refractivity contribution in [2.24, 2.45) is 0 Å². The van der Waals surface area contributed by atoms with Gasteiger partial charge in [0, 0.05) is 23.4 Å². The Labute approximate surface area is 99.4 Å². The summed E-state index contributed by atoms with van der Waals surface area (Å²) < 4.78 is 0. The maximum atomic E-state index is 11.9. The fourth-order valence-corrected chi connectivity index (χ4v) is 1.61. The third-order valence-electron chi connectivity index (χ3n) is 2.51. The number of nitrogens with zero attached hydrogens (tertiary/aromatic N) is 1. The molecular weight excluding hydrogens is 214 g/mol. The van der Waals surface area contributed by atoms with Crippen molar-refractivity contribution in [1.82, 2.24) is 15.5 Å². The SMILES string of the molecule is C#CCC(C)NC(=O)c1ccc2cn[nH]c2c1. The number of terminal acetylenes is 1. The number of hydrogen-bond donors (Lipinski definition) is 2. The van der Waals surface area contributed by atoms with Crippen molar-refractivity contribution in [1.29, 1.82) is 0 Å². The summed E-state index contributed by atoms with van der Waals surface area (Å²) in [6, 6.07) is 5.39. The summed E-state index contributed by atoms with van der Waals surface area (Å²) in [5.41, 5.74) is 1.45. The number of amides is 1. The number of carbonyl (C=O) groups is 1. The molecule has 1 aromatic carbocycles. The summed E-state index contributed by atoms with van der Waals surface area (Å²) in [6.07, 6.45) is 7.44. The Bertz CT molecular complexity index is 580. The maximum Gasteiger partial charge on any atom is 0.251 e. The molecule has 4 heteroatoms. The van der Waals surface area contributed by atoms with E-state index in [0.29, 0.717) is 12.0 Å². The number of carbonyl (C=O) groups excluding carboxylic acids is 1. The lowest BCUT2D eigenvalue weighted by Crippen LogP contribution is -2.32. The molecule has 0 aliphatic heterocycles. The van der Waals surface area contributed by atoms with Gasteiger partial charge < -0.3 is 5.32 Å². The summed E-state index contributed by atoms with van der Waals surface area (Å²) in [6.45, 7) is 1.88. The third kappa shape index (κ3) is 2.45. The van der Waals surface area contributed by atoms with Gasteiger partial charge in [-0.25, -0.2) is 0 Å². The number of aromatic nitrogens is 2. The molecule has 0 radical (unpaired) electrons. The summed E-state index contributed by atoms with van der Waals surface area (Å²) in [5.74, 6) is 2.40.